The number of benzene rings is 1. The molecule has 5 heteroatoms. The monoisotopic (exact) mass is 314 g/mol. The van der Waals surface area contributed by atoms with Crippen molar-refractivity contribution in [3.05, 3.63) is 23.3 Å². The Morgan fingerprint density at radius 2 is 1.57 bits per heavy atom. The molecule has 1 rings (SSSR count). The van der Waals surface area contributed by atoms with Crippen LogP contribution in [0.4, 0.5) is 0 Å². The summed E-state index contributed by atoms with van der Waals surface area (Å²) in [6.07, 6.45) is 9.12. The molecule has 0 fully saturated rings. The van der Waals surface area contributed by atoms with E-state index in [0.717, 1.165) is 24.8 Å². The Kier molecular flexibility index (Phi) is 7.18. The van der Waals surface area contributed by atoms with Crippen LogP contribution in [0, 0.1) is 6.92 Å². The van der Waals surface area contributed by atoms with E-state index >= 15 is 0 Å². The van der Waals surface area contributed by atoms with Crippen LogP contribution in [0.1, 0.15) is 63.0 Å². The maximum absolute atomic E-state index is 11.2. The van der Waals surface area contributed by atoms with Gasteiger partial charge in [-0.3, -0.25) is 4.55 Å². The second kappa shape index (κ2) is 8.39. The number of rotatable bonds is 9. The van der Waals surface area contributed by atoms with E-state index in [4.69, 9.17) is 4.55 Å². The summed E-state index contributed by atoms with van der Waals surface area (Å²) in [7, 11) is -4.37. The van der Waals surface area contributed by atoms with Gasteiger partial charge in [0.1, 0.15) is 10.6 Å². The summed E-state index contributed by atoms with van der Waals surface area (Å²) in [6.45, 7) is 3.83. The first-order chi connectivity index (χ1) is 9.86. The molecule has 0 radical (unpaired) electrons. The van der Waals surface area contributed by atoms with Crippen molar-refractivity contribution >= 4 is 10.1 Å². The topological polar surface area (TPSA) is 74.6 Å². The van der Waals surface area contributed by atoms with Crippen molar-refractivity contribution in [2.45, 2.75) is 70.1 Å². The van der Waals surface area contributed by atoms with Gasteiger partial charge in [0.05, 0.1) is 0 Å². The number of hydrogen-bond donors (Lipinski definition) is 2. The summed E-state index contributed by atoms with van der Waals surface area (Å²) < 4.78 is 31.6. The molecule has 0 bridgehead atoms. The van der Waals surface area contributed by atoms with Crippen molar-refractivity contribution < 1.29 is 18.1 Å². The van der Waals surface area contributed by atoms with Gasteiger partial charge in [0, 0.05) is 0 Å². The maximum Gasteiger partial charge on any atom is 0.298 e. The molecule has 1 aromatic carbocycles. The summed E-state index contributed by atoms with van der Waals surface area (Å²) in [5.41, 5.74) is 1.31. The molecule has 4 nitrogen and oxygen atoms in total. The summed E-state index contributed by atoms with van der Waals surface area (Å²) >= 11 is 0. The molecule has 0 aliphatic heterocycles. The van der Waals surface area contributed by atoms with Gasteiger partial charge in [0.15, 0.2) is 0 Å². The fourth-order valence-corrected chi connectivity index (χ4v) is 3.15. The summed E-state index contributed by atoms with van der Waals surface area (Å²) in [6, 6.07) is 3.15. The van der Waals surface area contributed by atoms with E-state index in [-0.39, 0.29) is 10.6 Å². The average Bonchev–Trinajstić information content (AvgIpc) is 2.40. The zero-order chi connectivity index (χ0) is 15.9. The van der Waals surface area contributed by atoms with Crippen LogP contribution in [0.5, 0.6) is 5.75 Å². The Hall–Kier alpha value is -1.07. The van der Waals surface area contributed by atoms with Crippen LogP contribution >= 0.6 is 0 Å². The van der Waals surface area contributed by atoms with Gasteiger partial charge in [-0.1, -0.05) is 51.5 Å². The Labute approximate surface area is 128 Å². The predicted molar refractivity (Wildman–Crippen MR) is 84.4 cm³/mol. The molecule has 0 amide bonds. The molecule has 0 aliphatic carbocycles. The van der Waals surface area contributed by atoms with E-state index in [1.54, 1.807) is 13.0 Å². The van der Waals surface area contributed by atoms with E-state index in [9.17, 15) is 13.5 Å². The van der Waals surface area contributed by atoms with Crippen molar-refractivity contribution in [1.82, 2.24) is 0 Å². The zero-order valence-electron chi connectivity index (χ0n) is 12.9. The lowest BCUT2D eigenvalue weighted by Crippen LogP contribution is -2.01. The van der Waals surface area contributed by atoms with Crippen molar-refractivity contribution in [1.29, 1.82) is 0 Å². The minimum absolute atomic E-state index is 0.360. The third-order valence-electron chi connectivity index (χ3n) is 3.67. The predicted octanol–water partition coefficient (Wildman–Crippen LogP) is 4.24. The summed E-state index contributed by atoms with van der Waals surface area (Å²) in [5.74, 6) is -0.360. The Morgan fingerprint density at radius 1 is 1.00 bits per heavy atom. The van der Waals surface area contributed by atoms with Crippen LogP contribution in [-0.2, 0) is 16.5 Å². The van der Waals surface area contributed by atoms with E-state index < -0.39 is 10.1 Å². The van der Waals surface area contributed by atoms with Crippen molar-refractivity contribution in [2.24, 2.45) is 0 Å². The molecular weight excluding hydrogens is 288 g/mol. The van der Waals surface area contributed by atoms with E-state index in [2.05, 4.69) is 6.92 Å². The lowest BCUT2D eigenvalue weighted by atomic mass is 10.0. The number of phenols is 1. The highest BCUT2D eigenvalue weighted by Gasteiger charge is 2.18. The number of aromatic hydroxyl groups is 1. The van der Waals surface area contributed by atoms with Gasteiger partial charge < -0.3 is 5.11 Å². The smallest absolute Gasteiger partial charge is 0.298 e. The molecule has 0 spiro atoms. The minimum Gasteiger partial charge on any atom is -0.506 e. The Bertz CT molecular complexity index is 550. The van der Waals surface area contributed by atoms with Crippen LogP contribution in [0.2, 0.25) is 0 Å². The molecule has 1 aromatic rings. The van der Waals surface area contributed by atoms with Gasteiger partial charge in [0.2, 0.25) is 0 Å². The van der Waals surface area contributed by atoms with Crippen molar-refractivity contribution in [3.63, 3.8) is 0 Å². The highest BCUT2D eigenvalue weighted by atomic mass is 32.2. The highest BCUT2D eigenvalue weighted by Crippen LogP contribution is 2.28. The minimum atomic E-state index is -4.37. The first-order valence-corrected chi connectivity index (χ1v) is 9.10. The van der Waals surface area contributed by atoms with Gasteiger partial charge in [-0.25, -0.2) is 0 Å². The fourth-order valence-electron chi connectivity index (χ4n) is 2.45. The van der Waals surface area contributed by atoms with Gasteiger partial charge >= 0.3 is 0 Å². The lowest BCUT2D eigenvalue weighted by Gasteiger charge is -2.09. The normalized spacial score (nSPS) is 11.8. The van der Waals surface area contributed by atoms with Crippen molar-refractivity contribution in [2.75, 3.05) is 0 Å². The van der Waals surface area contributed by atoms with E-state index in [0.29, 0.717) is 5.56 Å². The first kappa shape index (κ1) is 18.0. The van der Waals surface area contributed by atoms with E-state index in [1.807, 2.05) is 0 Å². The third-order valence-corrected chi connectivity index (χ3v) is 4.54. The SMILES string of the molecule is CCCCCCCCCc1cc(C)c(O)c(S(=O)(=O)O)c1. The van der Waals surface area contributed by atoms with Crippen LogP contribution in [-0.4, -0.2) is 18.1 Å². The third kappa shape index (κ3) is 6.06. The number of phenolic OH excluding ortho intramolecular Hbond substituents is 1. The molecule has 21 heavy (non-hydrogen) atoms. The quantitative estimate of drug-likeness (QED) is 0.528. The fraction of sp³-hybridized carbons (Fsp3) is 0.625. The Balaban J connectivity index is 2.55. The molecule has 0 aliphatic rings. The van der Waals surface area contributed by atoms with Crippen molar-refractivity contribution in [3.8, 4) is 5.75 Å². The second-order valence-corrected chi connectivity index (χ2v) is 7.00. The number of hydrogen-bond acceptors (Lipinski definition) is 3. The lowest BCUT2D eigenvalue weighted by molar-refractivity contribution is 0.439. The standard InChI is InChI=1S/C16H26O4S/c1-3-4-5-6-7-8-9-10-14-11-13(2)16(17)15(12-14)21(18,19)20/h11-12,17H,3-10H2,1-2H3,(H,18,19,20). The molecule has 0 atom stereocenters. The molecule has 2 N–H and O–H groups in total. The highest BCUT2D eigenvalue weighted by molar-refractivity contribution is 7.86. The number of aryl methyl sites for hydroxylation is 2. The van der Waals surface area contributed by atoms with Gasteiger partial charge in [0.25, 0.3) is 10.1 Å². The first-order valence-electron chi connectivity index (χ1n) is 7.66. The van der Waals surface area contributed by atoms with Crippen LogP contribution < -0.4 is 0 Å². The number of unbranched alkanes of at least 4 members (excludes halogenated alkanes) is 6. The van der Waals surface area contributed by atoms with Gasteiger partial charge in [-0.05, 0) is 37.0 Å². The zero-order valence-corrected chi connectivity index (χ0v) is 13.7. The maximum atomic E-state index is 11.2. The molecule has 120 valence electrons. The van der Waals surface area contributed by atoms with Crippen LogP contribution in [0.25, 0.3) is 0 Å². The summed E-state index contributed by atoms with van der Waals surface area (Å²) in [5, 5.41) is 9.71. The molecular formula is C16H26O4S. The van der Waals surface area contributed by atoms with Gasteiger partial charge in [-0.15, -0.1) is 0 Å². The average molecular weight is 314 g/mol. The largest absolute Gasteiger partial charge is 0.506 e. The second-order valence-electron chi connectivity index (χ2n) is 5.61. The van der Waals surface area contributed by atoms with Gasteiger partial charge in [-0.2, -0.15) is 8.42 Å². The molecule has 0 saturated carbocycles. The molecule has 0 aromatic heterocycles. The molecule has 0 unspecified atom stereocenters. The van der Waals surface area contributed by atoms with Crippen LogP contribution in [0.3, 0.4) is 0 Å². The van der Waals surface area contributed by atoms with Crippen LogP contribution in [0.15, 0.2) is 17.0 Å². The van der Waals surface area contributed by atoms with E-state index in [1.165, 1.54) is 38.2 Å². The molecule has 0 saturated heterocycles. The molecule has 0 heterocycles. The Morgan fingerprint density at radius 3 is 2.14 bits per heavy atom. The summed E-state index contributed by atoms with van der Waals surface area (Å²) in [4.78, 5) is -0.388.